The van der Waals surface area contributed by atoms with Gasteiger partial charge in [-0.15, -0.1) is 24.0 Å². The summed E-state index contributed by atoms with van der Waals surface area (Å²) in [5.74, 6) is 0.812. The number of anilines is 1. The zero-order valence-electron chi connectivity index (χ0n) is 15.8. The summed E-state index contributed by atoms with van der Waals surface area (Å²) in [5.41, 5.74) is 6.32. The molecule has 0 bridgehead atoms. The van der Waals surface area contributed by atoms with Gasteiger partial charge in [0.1, 0.15) is 0 Å². The molecule has 0 fully saturated rings. The minimum absolute atomic E-state index is 0. The zero-order chi connectivity index (χ0) is 17.5. The lowest BCUT2D eigenvalue weighted by Crippen LogP contribution is -2.36. The summed E-state index contributed by atoms with van der Waals surface area (Å²) < 4.78 is 0. The summed E-state index contributed by atoms with van der Waals surface area (Å²) in [6.45, 7) is 5.78. The molecule has 25 heavy (non-hydrogen) atoms. The van der Waals surface area contributed by atoms with Crippen LogP contribution in [0.3, 0.4) is 0 Å². The van der Waals surface area contributed by atoms with Gasteiger partial charge in [-0.05, 0) is 42.7 Å². The van der Waals surface area contributed by atoms with Crippen LogP contribution in [0.4, 0.5) is 5.69 Å². The molecule has 0 spiro atoms. The van der Waals surface area contributed by atoms with E-state index >= 15 is 0 Å². The molecular formula is C20H29IN4. The average Bonchev–Trinajstić information content (AvgIpc) is 2.57. The SMILES string of the molecule is CN=C(NCc1ccc(N(C)C)cc1)NCc1ccc(C)cc1C.I. The van der Waals surface area contributed by atoms with Gasteiger partial charge in [-0.3, -0.25) is 4.99 Å². The lowest BCUT2D eigenvalue weighted by Gasteiger charge is -2.15. The van der Waals surface area contributed by atoms with Crippen LogP contribution in [0.5, 0.6) is 0 Å². The molecule has 2 aromatic carbocycles. The van der Waals surface area contributed by atoms with Crippen molar-refractivity contribution in [2.75, 3.05) is 26.0 Å². The molecule has 2 rings (SSSR count). The van der Waals surface area contributed by atoms with E-state index in [4.69, 9.17) is 0 Å². The first-order valence-corrected chi connectivity index (χ1v) is 8.26. The van der Waals surface area contributed by atoms with E-state index in [-0.39, 0.29) is 24.0 Å². The fraction of sp³-hybridized carbons (Fsp3) is 0.350. The zero-order valence-corrected chi connectivity index (χ0v) is 18.1. The number of halogens is 1. The Morgan fingerprint density at radius 1 is 0.960 bits per heavy atom. The van der Waals surface area contributed by atoms with E-state index in [1.807, 2.05) is 14.1 Å². The Labute approximate surface area is 168 Å². The quantitative estimate of drug-likeness (QED) is 0.411. The molecule has 0 amide bonds. The number of benzene rings is 2. The lowest BCUT2D eigenvalue weighted by molar-refractivity contribution is 0.806. The third-order valence-electron chi connectivity index (χ3n) is 4.08. The Hall–Kier alpha value is -1.76. The standard InChI is InChI=1S/C20H28N4.HI/c1-15-6-9-18(16(2)12-15)14-23-20(21-3)22-13-17-7-10-19(11-8-17)24(4)5;/h6-12H,13-14H2,1-5H3,(H2,21,22,23);1H. The number of hydrogen-bond donors (Lipinski definition) is 2. The van der Waals surface area contributed by atoms with E-state index in [9.17, 15) is 0 Å². The summed E-state index contributed by atoms with van der Waals surface area (Å²) >= 11 is 0. The van der Waals surface area contributed by atoms with Gasteiger partial charge in [-0.2, -0.15) is 0 Å². The summed E-state index contributed by atoms with van der Waals surface area (Å²) in [6.07, 6.45) is 0. The molecular weight excluding hydrogens is 423 g/mol. The van der Waals surface area contributed by atoms with Crippen molar-refractivity contribution < 1.29 is 0 Å². The number of aryl methyl sites for hydroxylation is 2. The van der Waals surface area contributed by atoms with Crippen molar-refractivity contribution in [3.8, 4) is 0 Å². The maximum atomic E-state index is 4.30. The van der Waals surface area contributed by atoms with Crippen molar-refractivity contribution in [2.45, 2.75) is 26.9 Å². The predicted octanol–water partition coefficient (Wildman–Crippen LogP) is 3.85. The van der Waals surface area contributed by atoms with E-state index in [1.54, 1.807) is 7.05 Å². The molecule has 136 valence electrons. The Morgan fingerprint density at radius 2 is 1.60 bits per heavy atom. The van der Waals surface area contributed by atoms with Crippen LogP contribution in [0.25, 0.3) is 0 Å². The summed E-state index contributed by atoms with van der Waals surface area (Å²) in [7, 11) is 5.89. The van der Waals surface area contributed by atoms with Crippen LogP contribution in [0, 0.1) is 13.8 Å². The normalized spacial score (nSPS) is 10.8. The molecule has 0 saturated heterocycles. The maximum Gasteiger partial charge on any atom is 0.191 e. The van der Waals surface area contributed by atoms with Crippen molar-refractivity contribution in [1.82, 2.24) is 10.6 Å². The van der Waals surface area contributed by atoms with Crippen molar-refractivity contribution in [1.29, 1.82) is 0 Å². The predicted molar refractivity (Wildman–Crippen MR) is 119 cm³/mol. The average molecular weight is 452 g/mol. The number of rotatable bonds is 5. The molecule has 0 aliphatic heterocycles. The van der Waals surface area contributed by atoms with Crippen LogP contribution in [-0.4, -0.2) is 27.1 Å². The highest BCUT2D eigenvalue weighted by Gasteiger charge is 2.02. The molecule has 5 heteroatoms. The second kappa shape index (κ2) is 10.3. The topological polar surface area (TPSA) is 39.7 Å². The first-order chi connectivity index (χ1) is 11.5. The van der Waals surface area contributed by atoms with Gasteiger partial charge >= 0.3 is 0 Å². The number of guanidine groups is 1. The molecule has 0 atom stereocenters. The van der Waals surface area contributed by atoms with E-state index in [2.05, 4.69) is 76.8 Å². The van der Waals surface area contributed by atoms with Crippen molar-refractivity contribution >= 4 is 35.6 Å². The molecule has 0 saturated carbocycles. The Kier molecular flexibility index (Phi) is 8.75. The van der Waals surface area contributed by atoms with Gasteiger partial charge < -0.3 is 15.5 Å². The Balaban J connectivity index is 0.00000312. The highest BCUT2D eigenvalue weighted by Crippen LogP contribution is 2.12. The third kappa shape index (κ3) is 6.57. The summed E-state index contributed by atoms with van der Waals surface area (Å²) in [4.78, 5) is 6.40. The first kappa shape index (κ1) is 21.3. The monoisotopic (exact) mass is 452 g/mol. The van der Waals surface area contributed by atoms with Crippen molar-refractivity contribution in [3.05, 3.63) is 64.7 Å². The number of nitrogens with one attached hydrogen (secondary N) is 2. The van der Waals surface area contributed by atoms with E-state index in [0.29, 0.717) is 0 Å². The Morgan fingerprint density at radius 3 is 2.16 bits per heavy atom. The fourth-order valence-electron chi connectivity index (χ4n) is 2.54. The highest BCUT2D eigenvalue weighted by molar-refractivity contribution is 14.0. The molecule has 4 nitrogen and oxygen atoms in total. The molecule has 2 N–H and O–H groups in total. The minimum Gasteiger partial charge on any atom is -0.378 e. The maximum absolute atomic E-state index is 4.30. The van der Waals surface area contributed by atoms with Crippen LogP contribution in [-0.2, 0) is 13.1 Å². The highest BCUT2D eigenvalue weighted by atomic mass is 127. The molecule has 0 aliphatic carbocycles. The van der Waals surface area contributed by atoms with Gasteiger partial charge in [0.2, 0.25) is 0 Å². The van der Waals surface area contributed by atoms with Crippen molar-refractivity contribution in [2.24, 2.45) is 4.99 Å². The second-order valence-corrected chi connectivity index (χ2v) is 6.27. The number of hydrogen-bond acceptors (Lipinski definition) is 2. The molecule has 0 aromatic heterocycles. The molecule has 2 aromatic rings. The van der Waals surface area contributed by atoms with E-state index in [1.165, 1.54) is 27.9 Å². The van der Waals surface area contributed by atoms with E-state index in [0.717, 1.165) is 19.0 Å². The van der Waals surface area contributed by atoms with Crippen LogP contribution in [0.15, 0.2) is 47.5 Å². The third-order valence-corrected chi connectivity index (χ3v) is 4.08. The fourth-order valence-corrected chi connectivity index (χ4v) is 2.54. The molecule has 0 aliphatic rings. The summed E-state index contributed by atoms with van der Waals surface area (Å²) in [6, 6.07) is 15.1. The van der Waals surface area contributed by atoms with Crippen LogP contribution >= 0.6 is 24.0 Å². The molecule has 0 radical (unpaired) electrons. The second-order valence-electron chi connectivity index (χ2n) is 6.27. The van der Waals surface area contributed by atoms with Crippen molar-refractivity contribution in [3.63, 3.8) is 0 Å². The van der Waals surface area contributed by atoms with Gasteiger partial charge in [-0.1, -0.05) is 35.9 Å². The van der Waals surface area contributed by atoms with Crippen LogP contribution in [0.2, 0.25) is 0 Å². The summed E-state index contributed by atoms with van der Waals surface area (Å²) in [5, 5.41) is 6.74. The minimum atomic E-state index is 0. The van der Waals surface area contributed by atoms with Gasteiger partial charge in [0.15, 0.2) is 5.96 Å². The largest absolute Gasteiger partial charge is 0.378 e. The van der Waals surface area contributed by atoms with E-state index < -0.39 is 0 Å². The first-order valence-electron chi connectivity index (χ1n) is 8.26. The number of nitrogens with zero attached hydrogens (tertiary/aromatic N) is 2. The van der Waals surface area contributed by atoms with Crippen LogP contribution in [0.1, 0.15) is 22.3 Å². The molecule has 0 unspecified atom stereocenters. The van der Waals surface area contributed by atoms with Gasteiger partial charge in [0.05, 0.1) is 0 Å². The Bertz CT molecular complexity index is 693. The smallest absolute Gasteiger partial charge is 0.191 e. The number of aliphatic imine (C=N–C) groups is 1. The molecule has 0 heterocycles. The van der Waals surface area contributed by atoms with Crippen LogP contribution < -0.4 is 15.5 Å². The lowest BCUT2D eigenvalue weighted by atomic mass is 10.1. The van der Waals surface area contributed by atoms with Gasteiger partial charge in [-0.25, -0.2) is 0 Å². The van der Waals surface area contributed by atoms with Gasteiger partial charge in [0, 0.05) is 39.9 Å². The van der Waals surface area contributed by atoms with Gasteiger partial charge in [0.25, 0.3) is 0 Å².